The highest BCUT2D eigenvalue weighted by Gasteiger charge is 2.39. The van der Waals surface area contributed by atoms with Gasteiger partial charge in [-0.15, -0.1) is 12.4 Å². The molecule has 0 bridgehead atoms. The Labute approximate surface area is 66.7 Å². The van der Waals surface area contributed by atoms with E-state index in [4.69, 9.17) is 0 Å². The molecule has 0 unspecified atom stereocenters. The van der Waals surface area contributed by atoms with E-state index in [9.17, 15) is 0 Å². The molecular weight excluding hydrogens is 150 g/mol. The zero-order valence-electron chi connectivity index (χ0n) is 5.84. The van der Waals surface area contributed by atoms with Crippen molar-refractivity contribution in [3.8, 4) is 0 Å². The van der Waals surface area contributed by atoms with E-state index in [0.717, 1.165) is 19.5 Å². The topological polar surface area (TPSA) is 36.8 Å². The molecule has 0 aromatic carbocycles. The second-order valence-corrected chi connectivity index (χ2v) is 2.79. The highest BCUT2D eigenvalue weighted by molar-refractivity contribution is 5.85. The maximum absolute atomic E-state index is 4.04. The van der Waals surface area contributed by atoms with Crippen LogP contribution in [0, 0.1) is 0 Å². The second-order valence-electron chi connectivity index (χ2n) is 2.79. The number of halogens is 1. The molecule has 10 heavy (non-hydrogen) atoms. The summed E-state index contributed by atoms with van der Waals surface area (Å²) in [4.78, 5) is 0. The Bertz CT molecular complexity index is 130. The van der Waals surface area contributed by atoms with Gasteiger partial charge in [0.1, 0.15) is 0 Å². The molecule has 2 rings (SSSR count). The van der Waals surface area contributed by atoms with Gasteiger partial charge < -0.3 is 5.32 Å². The number of hydrogen-bond acceptors (Lipinski definition) is 3. The van der Waals surface area contributed by atoms with Crippen LogP contribution in [0.4, 0.5) is 0 Å². The fourth-order valence-corrected chi connectivity index (χ4v) is 1.31. The molecule has 0 amide bonds. The first-order chi connectivity index (χ1) is 4.41. The maximum atomic E-state index is 4.04. The Kier molecular flexibility index (Phi) is 2.26. The van der Waals surface area contributed by atoms with Crippen LogP contribution in [0.2, 0.25) is 0 Å². The summed E-state index contributed by atoms with van der Waals surface area (Å²) in [6.07, 6.45) is 3.51. The lowest BCUT2D eigenvalue weighted by atomic mass is 10.1. The highest BCUT2D eigenvalue weighted by atomic mass is 35.5. The molecule has 4 heteroatoms. The summed E-state index contributed by atoms with van der Waals surface area (Å²) < 4.78 is 0. The highest BCUT2D eigenvalue weighted by Crippen LogP contribution is 2.36. The summed E-state index contributed by atoms with van der Waals surface area (Å²) in [6, 6.07) is 0. The summed E-state index contributed by atoms with van der Waals surface area (Å²) in [5.41, 5.74) is 0.101. The molecule has 0 aliphatic carbocycles. The van der Waals surface area contributed by atoms with Crippen molar-refractivity contribution in [1.29, 1.82) is 0 Å². The summed E-state index contributed by atoms with van der Waals surface area (Å²) >= 11 is 0. The van der Waals surface area contributed by atoms with Crippen LogP contribution in [0.15, 0.2) is 10.2 Å². The van der Waals surface area contributed by atoms with Crippen molar-refractivity contribution in [1.82, 2.24) is 5.32 Å². The van der Waals surface area contributed by atoms with E-state index in [1.165, 1.54) is 12.8 Å². The zero-order valence-corrected chi connectivity index (χ0v) is 6.65. The van der Waals surface area contributed by atoms with Gasteiger partial charge in [-0.25, -0.2) is 0 Å². The van der Waals surface area contributed by atoms with Crippen LogP contribution in [0.5, 0.6) is 0 Å². The van der Waals surface area contributed by atoms with E-state index in [1.807, 2.05) is 0 Å². The minimum absolute atomic E-state index is 0. The van der Waals surface area contributed by atoms with Gasteiger partial charge in [0.15, 0.2) is 5.66 Å². The van der Waals surface area contributed by atoms with Crippen LogP contribution in [-0.4, -0.2) is 18.8 Å². The van der Waals surface area contributed by atoms with Gasteiger partial charge in [-0.2, -0.15) is 10.2 Å². The van der Waals surface area contributed by atoms with Crippen molar-refractivity contribution in [3.63, 3.8) is 0 Å². The van der Waals surface area contributed by atoms with Crippen molar-refractivity contribution in [2.24, 2.45) is 10.2 Å². The molecule has 58 valence electrons. The van der Waals surface area contributed by atoms with Crippen molar-refractivity contribution in [3.05, 3.63) is 0 Å². The first-order valence-corrected chi connectivity index (χ1v) is 3.56. The molecule has 1 fully saturated rings. The smallest absolute Gasteiger partial charge is 0.192 e. The van der Waals surface area contributed by atoms with Crippen molar-refractivity contribution in [2.75, 3.05) is 13.1 Å². The molecule has 3 nitrogen and oxygen atoms in total. The van der Waals surface area contributed by atoms with Crippen LogP contribution in [0.25, 0.3) is 0 Å². The number of nitrogens with zero attached hydrogens (tertiary/aromatic N) is 2. The molecule has 2 heterocycles. The lowest BCUT2D eigenvalue weighted by Crippen LogP contribution is -2.16. The Morgan fingerprint density at radius 1 is 1.10 bits per heavy atom. The molecule has 0 atom stereocenters. The van der Waals surface area contributed by atoms with E-state index in [-0.39, 0.29) is 18.1 Å². The van der Waals surface area contributed by atoms with Gasteiger partial charge >= 0.3 is 0 Å². The normalized spacial score (nSPS) is 27.2. The van der Waals surface area contributed by atoms with Crippen molar-refractivity contribution < 1.29 is 0 Å². The molecule has 0 radical (unpaired) electrons. The molecular formula is C6H12ClN3. The lowest BCUT2D eigenvalue weighted by molar-refractivity contribution is 0.533. The second kappa shape index (κ2) is 2.84. The predicted molar refractivity (Wildman–Crippen MR) is 41.6 cm³/mol. The molecule has 1 N–H and O–H groups in total. The zero-order chi connectivity index (χ0) is 6.16. The van der Waals surface area contributed by atoms with E-state index < -0.39 is 0 Å². The third kappa shape index (κ3) is 1.47. The summed E-state index contributed by atoms with van der Waals surface area (Å²) in [6.45, 7) is 2.24. The van der Waals surface area contributed by atoms with Gasteiger partial charge in [0, 0.05) is 6.42 Å². The molecule has 2 aliphatic rings. The van der Waals surface area contributed by atoms with Gasteiger partial charge in [0.25, 0.3) is 0 Å². The van der Waals surface area contributed by atoms with Gasteiger partial charge in [0.05, 0.1) is 0 Å². The monoisotopic (exact) mass is 161 g/mol. The Hall–Kier alpha value is -0.150. The van der Waals surface area contributed by atoms with Crippen LogP contribution >= 0.6 is 12.4 Å². The van der Waals surface area contributed by atoms with Crippen LogP contribution in [-0.2, 0) is 0 Å². The predicted octanol–water partition coefficient (Wildman–Crippen LogP) is 1.34. The quantitative estimate of drug-likeness (QED) is 0.572. The largest absolute Gasteiger partial charge is 0.317 e. The van der Waals surface area contributed by atoms with Crippen molar-refractivity contribution >= 4 is 12.4 Å². The van der Waals surface area contributed by atoms with Crippen LogP contribution in [0.1, 0.15) is 19.3 Å². The molecule has 0 aromatic heterocycles. The van der Waals surface area contributed by atoms with E-state index in [2.05, 4.69) is 15.5 Å². The minimum Gasteiger partial charge on any atom is -0.317 e. The fraction of sp³-hybridized carbons (Fsp3) is 1.00. The maximum Gasteiger partial charge on any atom is 0.192 e. The number of nitrogens with one attached hydrogen (secondary N) is 1. The lowest BCUT2D eigenvalue weighted by Gasteiger charge is -2.01. The molecule has 1 saturated heterocycles. The van der Waals surface area contributed by atoms with Crippen molar-refractivity contribution in [2.45, 2.75) is 24.9 Å². The van der Waals surface area contributed by atoms with Gasteiger partial charge in [-0.3, -0.25) is 0 Å². The van der Waals surface area contributed by atoms with Gasteiger partial charge in [-0.05, 0) is 25.9 Å². The van der Waals surface area contributed by atoms with Crippen LogP contribution < -0.4 is 5.32 Å². The van der Waals surface area contributed by atoms with E-state index in [1.54, 1.807) is 0 Å². The number of hydrogen-bond donors (Lipinski definition) is 1. The Morgan fingerprint density at radius 3 is 2.60 bits per heavy atom. The third-order valence-electron chi connectivity index (χ3n) is 2.02. The fourth-order valence-electron chi connectivity index (χ4n) is 1.31. The molecule has 2 aliphatic heterocycles. The Balaban J connectivity index is 0.000000500. The first kappa shape index (κ1) is 7.95. The van der Waals surface area contributed by atoms with Gasteiger partial charge in [0.2, 0.25) is 0 Å². The molecule has 0 saturated carbocycles. The van der Waals surface area contributed by atoms with E-state index in [0.29, 0.717) is 0 Å². The van der Waals surface area contributed by atoms with E-state index >= 15 is 0 Å². The first-order valence-electron chi connectivity index (χ1n) is 3.56. The summed E-state index contributed by atoms with van der Waals surface area (Å²) in [5, 5.41) is 11.4. The molecule has 1 spiro atoms. The third-order valence-corrected chi connectivity index (χ3v) is 2.02. The van der Waals surface area contributed by atoms with Crippen LogP contribution in [0.3, 0.4) is 0 Å². The van der Waals surface area contributed by atoms with Gasteiger partial charge in [-0.1, -0.05) is 0 Å². The minimum atomic E-state index is 0. The molecule has 0 aromatic rings. The Morgan fingerprint density at radius 2 is 1.90 bits per heavy atom. The average molecular weight is 162 g/mol. The SMILES string of the molecule is C1CNCCC2(C1)N=N2.Cl. The average Bonchev–Trinajstić information content (AvgIpc) is 2.64. The summed E-state index contributed by atoms with van der Waals surface area (Å²) in [7, 11) is 0. The summed E-state index contributed by atoms with van der Waals surface area (Å²) in [5.74, 6) is 0. The standard InChI is InChI=1S/C6H11N3.ClH/c1-2-6(8-9-6)3-5-7-4-1;/h7H,1-5H2;1H. The number of rotatable bonds is 0.